The summed E-state index contributed by atoms with van der Waals surface area (Å²) in [6.07, 6.45) is -4.88. The summed E-state index contributed by atoms with van der Waals surface area (Å²) in [5, 5.41) is 8.07. The Kier molecular flexibility index (Phi) is 2.90. The summed E-state index contributed by atoms with van der Waals surface area (Å²) >= 11 is 5.40. The highest BCUT2D eigenvalue weighted by molar-refractivity contribution is 6.31. The zero-order chi connectivity index (χ0) is 11.6. The summed E-state index contributed by atoms with van der Waals surface area (Å²) < 4.78 is 38.8. The highest BCUT2D eigenvalue weighted by atomic mass is 35.5. The third-order valence-electron chi connectivity index (χ3n) is 1.31. The molecule has 0 saturated carbocycles. The van der Waals surface area contributed by atoms with Crippen molar-refractivity contribution in [1.29, 1.82) is 5.26 Å². The van der Waals surface area contributed by atoms with Crippen LogP contribution in [0.3, 0.4) is 0 Å². The Hall–Kier alpha value is -1.68. The number of alkyl halides is 3. The molecule has 0 amide bonds. The SMILES string of the molecule is N#Cc1c(N)cc(OC(F)(F)F)nc1Cl. The number of rotatable bonds is 1. The van der Waals surface area contributed by atoms with E-state index in [-0.39, 0.29) is 11.3 Å². The van der Waals surface area contributed by atoms with Gasteiger partial charge < -0.3 is 10.5 Å². The maximum absolute atomic E-state index is 11.8. The molecule has 4 nitrogen and oxygen atoms in total. The minimum atomic E-state index is -4.88. The number of ether oxygens (including phenoxy) is 1. The fourth-order valence-electron chi connectivity index (χ4n) is 0.791. The second-order valence-corrected chi connectivity index (χ2v) is 2.73. The van der Waals surface area contributed by atoms with Crippen LogP contribution in [-0.2, 0) is 0 Å². The monoisotopic (exact) mass is 237 g/mol. The summed E-state index contributed by atoms with van der Waals surface area (Å²) in [4.78, 5) is 3.21. The minimum Gasteiger partial charge on any atom is -0.397 e. The van der Waals surface area contributed by atoms with E-state index in [1.807, 2.05) is 0 Å². The van der Waals surface area contributed by atoms with E-state index in [1.54, 1.807) is 6.07 Å². The number of halogens is 4. The molecule has 2 N–H and O–H groups in total. The number of nitrogen functional groups attached to an aromatic ring is 1. The van der Waals surface area contributed by atoms with Crippen molar-refractivity contribution in [2.75, 3.05) is 5.73 Å². The summed E-state index contributed by atoms with van der Waals surface area (Å²) in [6, 6.07) is 2.37. The predicted octanol–water partition coefficient (Wildman–Crippen LogP) is 2.09. The molecule has 1 heterocycles. The molecule has 1 rings (SSSR count). The number of hydrogen-bond donors (Lipinski definition) is 1. The summed E-state index contributed by atoms with van der Waals surface area (Å²) in [7, 11) is 0. The molecule has 1 aromatic heterocycles. The van der Waals surface area contributed by atoms with E-state index in [0.717, 1.165) is 6.07 Å². The Morgan fingerprint density at radius 2 is 2.13 bits per heavy atom. The number of hydrogen-bond acceptors (Lipinski definition) is 4. The van der Waals surface area contributed by atoms with Gasteiger partial charge in [0.1, 0.15) is 11.6 Å². The highest BCUT2D eigenvalue weighted by Gasteiger charge is 2.32. The van der Waals surface area contributed by atoms with E-state index in [9.17, 15) is 13.2 Å². The summed E-state index contributed by atoms with van der Waals surface area (Å²) in [6.45, 7) is 0. The largest absolute Gasteiger partial charge is 0.574 e. The van der Waals surface area contributed by atoms with Gasteiger partial charge in [-0.15, -0.1) is 13.2 Å². The van der Waals surface area contributed by atoms with Crippen molar-refractivity contribution < 1.29 is 17.9 Å². The molecular weight excluding hydrogens is 235 g/mol. The fourth-order valence-corrected chi connectivity index (χ4v) is 1.03. The lowest BCUT2D eigenvalue weighted by atomic mass is 10.2. The molecule has 0 aliphatic heterocycles. The number of anilines is 1. The van der Waals surface area contributed by atoms with E-state index in [4.69, 9.17) is 22.6 Å². The first-order chi connectivity index (χ1) is 6.83. The van der Waals surface area contributed by atoms with Crippen molar-refractivity contribution >= 4 is 17.3 Å². The molecule has 0 aliphatic rings. The van der Waals surface area contributed by atoms with Gasteiger partial charge in [-0.1, -0.05) is 11.6 Å². The smallest absolute Gasteiger partial charge is 0.397 e. The molecule has 0 bridgehead atoms. The molecule has 0 unspecified atom stereocenters. The lowest BCUT2D eigenvalue weighted by Crippen LogP contribution is -2.18. The van der Waals surface area contributed by atoms with Crippen LogP contribution in [0.1, 0.15) is 5.56 Å². The van der Waals surface area contributed by atoms with Crippen molar-refractivity contribution in [3.63, 3.8) is 0 Å². The van der Waals surface area contributed by atoms with Gasteiger partial charge in [0.25, 0.3) is 0 Å². The zero-order valence-corrected chi connectivity index (χ0v) is 7.73. The molecule has 1 aromatic rings. The molecule has 0 radical (unpaired) electrons. The van der Waals surface area contributed by atoms with Crippen molar-refractivity contribution in [2.24, 2.45) is 0 Å². The number of nitrogens with zero attached hydrogens (tertiary/aromatic N) is 2. The maximum atomic E-state index is 11.8. The standard InChI is InChI=1S/C7H3ClF3N3O/c8-6-3(2-12)4(13)1-5(14-6)15-7(9,10)11/h1H,(H2,13,14). The van der Waals surface area contributed by atoms with Gasteiger partial charge in [-0.2, -0.15) is 10.2 Å². The summed E-state index contributed by atoms with van der Waals surface area (Å²) in [5.74, 6) is -0.802. The van der Waals surface area contributed by atoms with Crippen LogP contribution in [0.2, 0.25) is 5.15 Å². The topological polar surface area (TPSA) is 71.9 Å². The van der Waals surface area contributed by atoms with E-state index >= 15 is 0 Å². The Balaban J connectivity index is 3.11. The third-order valence-corrected chi connectivity index (χ3v) is 1.59. The third kappa shape index (κ3) is 2.89. The van der Waals surface area contributed by atoms with Crippen LogP contribution in [-0.4, -0.2) is 11.3 Å². The van der Waals surface area contributed by atoms with Gasteiger partial charge >= 0.3 is 6.36 Å². The first-order valence-electron chi connectivity index (χ1n) is 3.45. The Morgan fingerprint density at radius 1 is 1.53 bits per heavy atom. The van der Waals surface area contributed by atoms with Crippen LogP contribution >= 0.6 is 11.6 Å². The van der Waals surface area contributed by atoms with Crippen LogP contribution in [0, 0.1) is 11.3 Å². The molecular formula is C7H3ClF3N3O. The molecule has 0 spiro atoms. The highest BCUT2D eigenvalue weighted by Crippen LogP contribution is 2.27. The van der Waals surface area contributed by atoms with Gasteiger partial charge in [0.15, 0.2) is 5.15 Å². The zero-order valence-electron chi connectivity index (χ0n) is 6.97. The van der Waals surface area contributed by atoms with Gasteiger partial charge in [-0.3, -0.25) is 0 Å². The molecule has 0 fully saturated rings. The van der Waals surface area contributed by atoms with E-state index in [2.05, 4.69) is 9.72 Å². The number of nitriles is 1. The van der Waals surface area contributed by atoms with Crippen molar-refractivity contribution in [3.8, 4) is 11.9 Å². The van der Waals surface area contributed by atoms with Gasteiger partial charge in [0.2, 0.25) is 5.88 Å². The first kappa shape index (κ1) is 11.4. The van der Waals surface area contributed by atoms with E-state index < -0.39 is 17.4 Å². The second-order valence-electron chi connectivity index (χ2n) is 2.38. The number of pyridine rings is 1. The Labute approximate surface area is 87.0 Å². The minimum absolute atomic E-state index is 0.189. The molecule has 0 saturated heterocycles. The fraction of sp³-hybridized carbons (Fsp3) is 0.143. The average molecular weight is 238 g/mol. The van der Waals surface area contributed by atoms with Crippen molar-refractivity contribution in [3.05, 3.63) is 16.8 Å². The Morgan fingerprint density at radius 3 is 2.53 bits per heavy atom. The van der Waals surface area contributed by atoms with E-state index in [0.29, 0.717) is 0 Å². The maximum Gasteiger partial charge on any atom is 0.574 e. The normalized spacial score (nSPS) is 10.9. The molecule has 0 aromatic carbocycles. The van der Waals surface area contributed by atoms with Crippen molar-refractivity contribution in [2.45, 2.75) is 6.36 Å². The molecule has 0 atom stereocenters. The number of nitrogens with two attached hydrogens (primary N) is 1. The van der Waals surface area contributed by atoms with Crippen LogP contribution in [0.4, 0.5) is 18.9 Å². The van der Waals surface area contributed by atoms with Gasteiger partial charge in [-0.05, 0) is 0 Å². The molecule has 8 heteroatoms. The lowest BCUT2D eigenvalue weighted by molar-refractivity contribution is -0.276. The first-order valence-corrected chi connectivity index (χ1v) is 3.83. The molecule has 15 heavy (non-hydrogen) atoms. The van der Waals surface area contributed by atoms with E-state index in [1.165, 1.54) is 0 Å². The Bertz CT molecular complexity index is 403. The van der Waals surface area contributed by atoms with Gasteiger partial charge in [0, 0.05) is 6.07 Å². The molecule has 0 aliphatic carbocycles. The second kappa shape index (κ2) is 3.82. The molecule has 80 valence electrons. The van der Waals surface area contributed by atoms with Gasteiger partial charge in [-0.25, -0.2) is 0 Å². The lowest BCUT2D eigenvalue weighted by Gasteiger charge is -2.09. The van der Waals surface area contributed by atoms with Crippen molar-refractivity contribution in [1.82, 2.24) is 4.98 Å². The summed E-state index contributed by atoms with van der Waals surface area (Å²) in [5.41, 5.74) is 4.84. The number of aromatic nitrogens is 1. The van der Waals surface area contributed by atoms with Crippen LogP contribution < -0.4 is 10.5 Å². The van der Waals surface area contributed by atoms with Crippen LogP contribution in [0.25, 0.3) is 0 Å². The predicted molar refractivity (Wildman–Crippen MR) is 45.1 cm³/mol. The van der Waals surface area contributed by atoms with Crippen LogP contribution in [0.15, 0.2) is 6.07 Å². The van der Waals surface area contributed by atoms with Crippen LogP contribution in [0.5, 0.6) is 5.88 Å². The van der Waals surface area contributed by atoms with Gasteiger partial charge in [0.05, 0.1) is 5.69 Å². The quantitative estimate of drug-likeness (QED) is 0.759. The average Bonchev–Trinajstić information content (AvgIpc) is 1.99.